The van der Waals surface area contributed by atoms with E-state index in [1.165, 1.54) is 22.3 Å². The van der Waals surface area contributed by atoms with Gasteiger partial charge in [0.15, 0.2) is 0 Å². The molecule has 0 atom stereocenters. The van der Waals surface area contributed by atoms with Crippen molar-refractivity contribution in [3.05, 3.63) is 120 Å². The van der Waals surface area contributed by atoms with Crippen LogP contribution in [-0.4, -0.2) is 17.2 Å². The number of benzene rings is 4. The lowest BCUT2D eigenvalue weighted by Gasteiger charge is -2.15. The highest BCUT2D eigenvalue weighted by molar-refractivity contribution is 7.27. The van der Waals surface area contributed by atoms with Crippen LogP contribution in [0.2, 0.25) is 0 Å². The summed E-state index contributed by atoms with van der Waals surface area (Å²) in [6.45, 7) is 14.3. The second-order valence-electron chi connectivity index (χ2n) is 9.24. The van der Waals surface area contributed by atoms with Crippen LogP contribution in [-0.2, 0) is 0 Å². The van der Waals surface area contributed by atoms with E-state index in [0.717, 1.165) is 42.4 Å². The van der Waals surface area contributed by atoms with Crippen molar-refractivity contribution in [1.82, 2.24) is 0 Å². The van der Waals surface area contributed by atoms with Gasteiger partial charge in [0.2, 0.25) is 0 Å². The normalized spacial score (nSPS) is 11.9. The topological polar surface area (TPSA) is 40.5 Å². The summed E-state index contributed by atoms with van der Waals surface area (Å²) in [5, 5.41) is 22.0. The molecule has 1 heterocycles. The summed E-state index contributed by atoms with van der Waals surface area (Å²) in [6, 6.07) is 27.2. The summed E-state index contributed by atoms with van der Waals surface area (Å²) in [7, 11) is -1.50. The van der Waals surface area contributed by atoms with Crippen LogP contribution >= 0.6 is 11.3 Å². The van der Waals surface area contributed by atoms with Gasteiger partial charge in [-0.3, -0.25) is 0 Å². The van der Waals surface area contributed by atoms with Gasteiger partial charge in [-0.25, -0.2) is 0 Å². The third-order valence-electron chi connectivity index (χ3n) is 7.01. The molecule has 0 unspecified atom stereocenters. The third kappa shape index (κ3) is 5.42. The highest BCUT2D eigenvalue weighted by atomic mass is 32.1. The number of fused-ring (bicyclic) bond motifs is 3. The summed E-state index contributed by atoms with van der Waals surface area (Å²) in [6.07, 6.45) is 6.14. The molecule has 0 aliphatic heterocycles. The first-order chi connectivity index (χ1) is 18.9. The van der Waals surface area contributed by atoms with Gasteiger partial charge in [0, 0.05) is 14.8 Å². The first kappa shape index (κ1) is 28.3. The zero-order valence-corrected chi connectivity index (χ0v) is 24.1. The highest BCUT2D eigenvalue weighted by Gasteiger charge is 2.19. The summed E-state index contributed by atoms with van der Waals surface area (Å²) < 4.78 is 2.06. The van der Waals surface area contributed by atoms with E-state index >= 15 is 0 Å². The van der Waals surface area contributed by atoms with Crippen LogP contribution < -0.4 is 5.46 Å². The van der Waals surface area contributed by atoms with E-state index in [1.54, 1.807) is 17.4 Å². The molecule has 0 aliphatic rings. The average molecular weight is 531 g/mol. The Morgan fingerprint density at radius 2 is 1.41 bits per heavy atom. The van der Waals surface area contributed by atoms with Crippen LogP contribution in [0.15, 0.2) is 109 Å². The summed E-state index contributed by atoms with van der Waals surface area (Å²) in [4.78, 5) is 0. The molecule has 0 bridgehead atoms. The predicted octanol–water partition coefficient (Wildman–Crippen LogP) is 8.94. The SMILES string of the molecule is C=C/C(C)=C(\C=C/C)c1cccc(-c2cccc(-c3cccc4c3sc3c(B(O)O)cccc34)c2)c1C.CC. The smallest absolute Gasteiger partial charge is 0.423 e. The Labute approximate surface area is 236 Å². The minimum Gasteiger partial charge on any atom is -0.423 e. The minimum atomic E-state index is -1.50. The van der Waals surface area contributed by atoms with Crippen molar-refractivity contribution in [1.29, 1.82) is 0 Å². The van der Waals surface area contributed by atoms with E-state index < -0.39 is 7.12 Å². The van der Waals surface area contributed by atoms with Gasteiger partial charge in [0.05, 0.1) is 0 Å². The van der Waals surface area contributed by atoms with Crippen LogP contribution in [0.4, 0.5) is 0 Å². The number of hydrogen-bond acceptors (Lipinski definition) is 3. The van der Waals surface area contributed by atoms with Crippen molar-refractivity contribution in [2.45, 2.75) is 34.6 Å². The Bertz CT molecular complexity index is 1710. The molecular weight excluding hydrogens is 495 g/mol. The van der Waals surface area contributed by atoms with Crippen molar-refractivity contribution >= 4 is 49.7 Å². The average Bonchev–Trinajstić information content (AvgIpc) is 3.36. The van der Waals surface area contributed by atoms with Gasteiger partial charge >= 0.3 is 7.12 Å². The lowest BCUT2D eigenvalue weighted by molar-refractivity contribution is 0.426. The Morgan fingerprint density at radius 1 is 0.821 bits per heavy atom. The summed E-state index contributed by atoms with van der Waals surface area (Å²) in [5.74, 6) is 0. The first-order valence-electron chi connectivity index (χ1n) is 13.4. The number of rotatable bonds is 6. The van der Waals surface area contributed by atoms with Gasteiger partial charge in [0.1, 0.15) is 0 Å². The molecule has 5 rings (SSSR count). The van der Waals surface area contributed by atoms with Crippen molar-refractivity contribution in [2.75, 3.05) is 0 Å². The Hall–Kier alpha value is -3.70. The molecule has 0 fully saturated rings. The predicted molar refractivity (Wildman–Crippen MR) is 174 cm³/mol. The molecule has 0 saturated carbocycles. The maximum absolute atomic E-state index is 9.92. The molecule has 0 spiro atoms. The molecule has 4 heteroatoms. The van der Waals surface area contributed by atoms with Crippen LogP contribution in [0.1, 0.15) is 38.8 Å². The molecule has 0 amide bonds. The van der Waals surface area contributed by atoms with Crippen LogP contribution in [0, 0.1) is 6.92 Å². The van der Waals surface area contributed by atoms with Crippen molar-refractivity contribution in [2.24, 2.45) is 0 Å². The Balaban J connectivity index is 0.00000172. The van der Waals surface area contributed by atoms with Crippen molar-refractivity contribution in [3.8, 4) is 22.3 Å². The van der Waals surface area contributed by atoms with Gasteiger partial charge in [-0.05, 0) is 82.2 Å². The van der Waals surface area contributed by atoms with Crippen LogP contribution in [0.3, 0.4) is 0 Å². The van der Waals surface area contributed by atoms with E-state index in [4.69, 9.17) is 0 Å². The van der Waals surface area contributed by atoms with Crippen LogP contribution in [0.5, 0.6) is 0 Å². The molecule has 2 nitrogen and oxygen atoms in total. The van der Waals surface area contributed by atoms with E-state index in [0.29, 0.717) is 5.46 Å². The number of thiophene rings is 1. The van der Waals surface area contributed by atoms with Crippen LogP contribution in [0.25, 0.3) is 48.0 Å². The molecule has 0 radical (unpaired) electrons. The molecule has 1 aromatic heterocycles. The molecule has 196 valence electrons. The first-order valence-corrected chi connectivity index (χ1v) is 14.2. The van der Waals surface area contributed by atoms with Crippen molar-refractivity contribution < 1.29 is 10.0 Å². The van der Waals surface area contributed by atoms with Gasteiger partial charge < -0.3 is 10.0 Å². The lowest BCUT2D eigenvalue weighted by atomic mass is 9.80. The molecule has 39 heavy (non-hydrogen) atoms. The quantitative estimate of drug-likeness (QED) is 0.170. The van der Waals surface area contributed by atoms with E-state index in [1.807, 2.05) is 32.9 Å². The molecule has 2 N–H and O–H groups in total. The molecule has 4 aromatic carbocycles. The van der Waals surface area contributed by atoms with Crippen molar-refractivity contribution in [3.63, 3.8) is 0 Å². The van der Waals surface area contributed by atoms with Gasteiger partial charge in [-0.1, -0.05) is 111 Å². The maximum atomic E-state index is 9.92. The zero-order valence-electron chi connectivity index (χ0n) is 23.3. The second kappa shape index (κ2) is 12.4. The van der Waals surface area contributed by atoms with Gasteiger partial charge in [-0.2, -0.15) is 0 Å². The molecular formula is C35H35BO2S. The van der Waals surface area contributed by atoms with Gasteiger partial charge in [0.25, 0.3) is 0 Å². The molecule has 0 aliphatic carbocycles. The largest absolute Gasteiger partial charge is 0.489 e. The maximum Gasteiger partial charge on any atom is 0.489 e. The van der Waals surface area contributed by atoms with Gasteiger partial charge in [-0.15, -0.1) is 11.3 Å². The molecule has 0 saturated heterocycles. The monoisotopic (exact) mass is 530 g/mol. The van der Waals surface area contributed by atoms with E-state index in [-0.39, 0.29) is 0 Å². The summed E-state index contributed by atoms with van der Waals surface area (Å²) in [5.41, 5.74) is 9.97. The standard InChI is InChI=1S/C33H29BO2S.C2H6/c1-5-11-25(21(3)6-2)27-15-8-14-26(22(27)4)23-12-7-13-24(20-23)28-16-9-17-29-30-18-10-19-31(34(35)36)33(30)37-32(28)29;1-2/h5-20,35-36H,2H2,1,3-4H3;1-2H3/b11-5-,25-21+;. The minimum absolute atomic E-state index is 0.547. The fourth-order valence-corrected chi connectivity index (χ4v) is 6.44. The highest BCUT2D eigenvalue weighted by Crippen LogP contribution is 2.40. The Kier molecular flexibility index (Phi) is 9.03. The number of hydrogen-bond donors (Lipinski definition) is 2. The Morgan fingerprint density at radius 3 is 2.08 bits per heavy atom. The number of allylic oxidation sites excluding steroid dienone is 5. The summed E-state index contributed by atoms with van der Waals surface area (Å²) >= 11 is 1.62. The fraction of sp³-hybridized carbons (Fsp3) is 0.143. The zero-order chi connectivity index (χ0) is 28.1. The lowest BCUT2D eigenvalue weighted by Crippen LogP contribution is -2.29. The van der Waals surface area contributed by atoms with E-state index in [2.05, 4.69) is 99.3 Å². The third-order valence-corrected chi connectivity index (χ3v) is 8.31. The van der Waals surface area contributed by atoms with E-state index in [9.17, 15) is 10.0 Å². The second-order valence-corrected chi connectivity index (χ2v) is 10.3. The fourth-order valence-electron chi connectivity index (χ4n) is 5.08. The molecule has 5 aromatic rings.